The predicted molar refractivity (Wildman–Crippen MR) is 40.7 cm³/mol. The molecule has 0 amide bonds. The molecule has 2 N–H and O–H groups in total. The van der Waals surface area contributed by atoms with Crippen molar-refractivity contribution < 1.29 is 0 Å². The minimum atomic E-state index is 0.176. The van der Waals surface area contributed by atoms with Crippen LogP contribution in [0.4, 0.5) is 5.82 Å². The zero-order valence-corrected chi connectivity index (χ0v) is 5.56. The van der Waals surface area contributed by atoms with Gasteiger partial charge < -0.3 is 10.9 Å². The Morgan fingerprint density at radius 3 is 3.09 bits per heavy atom. The van der Waals surface area contributed by atoms with Crippen LogP contribution < -0.4 is 5.73 Å². The number of anilines is 1. The third-order valence-electron chi connectivity index (χ3n) is 1.43. The topological polar surface area (TPSA) is 79.8 Å². The average Bonchev–Trinajstić information content (AvgIpc) is 2.30. The molecule has 0 spiro atoms. The van der Waals surface area contributed by atoms with Gasteiger partial charge in [0.2, 0.25) is 0 Å². The summed E-state index contributed by atoms with van der Waals surface area (Å²) >= 11 is 0. The second-order valence-corrected chi connectivity index (χ2v) is 2.13. The third kappa shape index (κ3) is 0.706. The molecule has 0 bridgehead atoms. The van der Waals surface area contributed by atoms with E-state index in [1.165, 1.54) is 0 Å². The highest BCUT2D eigenvalue weighted by Gasteiger charge is 2.01. The normalized spacial score (nSPS) is 10.5. The Morgan fingerprint density at radius 2 is 2.36 bits per heavy atom. The van der Waals surface area contributed by atoms with Crippen LogP contribution >= 0.6 is 0 Å². The second-order valence-electron chi connectivity index (χ2n) is 2.13. The van der Waals surface area contributed by atoms with Crippen molar-refractivity contribution in [2.75, 3.05) is 5.73 Å². The molecule has 2 aromatic heterocycles. The first-order chi connectivity index (χ1) is 5.29. The maximum Gasteiger partial charge on any atom is 0.171 e. The van der Waals surface area contributed by atoms with Gasteiger partial charge >= 0.3 is 0 Å². The lowest BCUT2D eigenvalue weighted by molar-refractivity contribution is 0.926. The van der Waals surface area contributed by atoms with Gasteiger partial charge in [-0.1, -0.05) is 0 Å². The number of nitrogens with zero attached hydrogens (tertiary/aromatic N) is 3. The molecule has 0 aliphatic rings. The Hall–Kier alpha value is -1.78. The van der Waals surface area contributed by atoms with Crippen molar-refractivity contribution in [2.45, 2.75) is 0 Å². The van der Waals surface area contributed by atoms with Crippen molar-refractivity contribution in [3.05, 3.63) is 23.5 Å². The standard InChI is InChI=1S/C6H5N4O/c7-6-5-4(10(11)9-6)2-1-3-8-5/h1-3H,(H2,7,9)/q-1. The molecule has 2 aromatic rings. The number of fused-ring (bicyclic) bond motifs is 1. The molecular formula is C6H5N4O-. The molecule has 0 aliphatic heterocycles. The van der Waals surface area contributed by atoms with Crippen LogP contribution in [0.3, 0.4) is 0 Å². The lowest BCUT2D eigenvalue weighted by Gasteiger charge is -2.02. The second kappa shape index (κ2) is 1.85. The van der Waals surface area contributed by atoms with E-state index in [0.717, 1.165) is 0 Å². The average molecular weight is 149 g/mol. The first kappa shape index (κ1) is 5.96. The fraction of sp³-hybridized carbons (Fsp3) is 0. The van der Waals surface area contributed by atoms with Crippen LogP contribution in [-0.4, -0.2) is 14.9 Å². The largest absolute Gasteiger partial charge is 0.790 e. The summed E-state index contributed by atoms with van der Waals surface area (Å²) in [6, 6.07) is 3.29. The van der Waals surface area contributed by atoms with E-state index in [2.05, 4.69) is 10.1 Å². The van der Waals surface area contributed by atoms with E-state index >= 15 is 0 Å². The molecule has 56 valence electrons. The smallest absolute Gasteiger partial charge is 0.171 e. The summed E-state index contributed by atoms with van der Waals surface area (Å²) in [6.07, 6.45) is 1.57. The predicted octanol–water partition coefficient (Wildman–Crippen LogP) is 0.359. The molecule has 0 saturated carbocycles. The molecule has 11 heavy (non-hydrogen) atoms. The Morgan fingerprint density at radius 1 is 1.55 bits per heavy atom. The van der Waals surface area contributed by atoms with Crippen molar-refractivity contribution in [3.63, 3.8) is 0 Å². The molecule has 5 nitrogen and oxygen atoms in total. The molecule has 0 aliphatic carbocycles. The summed E-state index contributed by atoms with van der Waals surface area (Å²) in [5.74, 6) is 0.176. The SMILES string of the molecule is Nc1nn([O-])c2cccnc12. The maximum absolute atomic E-state index is 10.9. The zero-order valence-electron chi connectivity index (χ0n) is 5.56. The van der Waals surface area contributed by atoms with Crippen molar-refractivity contribution >= 4 is 16.9 Å². The molecule has 0 unspecified atom stereocenters. The highest BCUT2D eigenvalue weighted by atomic mass is 16.5. The summed E-state index contributed by atoms with van der Waals surface area (Å²) in [5, 5.41) is 14.4. The molecule has 5 heteroatoms. The first-order valence-corrected chi connectivity index (χ1v) is 3.06. The van der Waals surface area contributed by atoms with E-state index in [1.54, 1.807) is 18.3 Å². The molecule has 0 fully saturated rings. The van der Waals surface area contributed by atoms with Crippen LogP contribution in [0.1, 0.15) is 0 Å². The summed E-state index contributed by atoms with van der Waals surface area (Å²) in [4.78, 5) is 4.36. The third-order valence-corrected chi connectivity index (χ3v) is 1.43. The monoisotopic (exact) mass is 149 g/mol. The molecule has 0 saturated heterocycles. The van der Waals surface area contributed by atoms with Crippen LogP contribution in [0.2, 0.25) is 0 Å². The Bertz CT molecular complexity index is 358. The van der Waals surface area contributed by atoms with E-state index in [9.17, 15) is 5.21 Å². The van der Waals surface area contributed by atoms with Crippen LogP contribution in [0.5, 0.6) is 0 Å². The van der Waals surface area contributed by atoms with Crippen molar-refractivity contribution in [1.82, 2.24) is 14.9 Å². The quantitative estimate of drug-likeness (QED) is 0.586. The number of rotatable bonds is 0. The van der Waals surface area contributed by atoms with Crippen molar-refractivity contribution in [1.29, 1.82) is 0 Å². The summed E-state index contributed by atoms with van der Waals surface area (Å²) in [5.41, 5.74) is 6.25. The van der Waals surface area contributed by atoms with Crippen LogP contribution in [0.25, 0.3) is 11.0 Å². The van der Waals surface area contributed by atoms with Gasteiger partial charge in [0.05, 0.1) is 5.52 Å². The number of hydrogen-bond acceptors (Lipinski definition) is 4. The summed E-state index contributed by atoms with van der Waals surface area (Å²) in [6.45, 7) is 0. The van der Waals surface area contributed by atoms with Gasteiger partial charge in [-0.2, -0.15) is 5.10 Å². The number of nitrogen functional groups attached to an aromatic ring is 1. The van der Waals surface area contributed by atoms with Gasteiger partial charge in [-0.05, 0) is 12.1 Å². The van der Waals surface area contributed by atoms with Crippen LogP contribution in [0, 0.1) is 5.21 Å². The van der Waals surface area contributed by atoms with Gasteiger partial charge in [0.15, 0.2) is 5.82 Å². The van der Waals surface area contributed by atoms with E-state index in [0.29, 0.717) is 15.9 Å². The molecule has 0 aromatic carbocycles. The number of hydrogen-bond donors (Lipinski definition) is 1. The maximum atomic E-state index is 10.9. The zero-order chi connectivity index (χ0) is 7.84. The van der Waals surface area contributed by atoms with Crippen LogP contribution in [0.15, 0.2) is 18.3 Å². The summed E-state index contributed by atoms with van der Waals surface area (Å²) in [7, 11) is 0. The highest BCUT2D eigenvalue weighted by Crippen LogP contribution is 2.15. The Kier molecular flexibility index (Phi) is 1.00. The number of nitrogens with two attached hydrogens (primary N) is 1. The van der Waals surface area contributed by atoms with E-state index < -0.39 is 0 Å². The van der Waals surface area contributed by atoms with Crippen LogP contribution in [-0.2, 0) is 0 Å². The molecule has 0 atom stereocenters. The van der Waals surface area contributed by atoms with Gasteiger partial charge in [-0.25, -0.2) is 0 Å². The van der Waals surface area contributed by atoms with Gasteiger partial charge in [0.1, 0.15) is 5.52 Å². The van der Waals surface area contributed by atoms with Crippen molar-refractivity contribution in [3.8, 4) is 0 Å². The van der Waals surface area contributed by atoms with E-state index in [1.807, 2.05) is 0 Å². The minimum absolute atomic E-state index is 0.176. The first-order valence-electron chi connectivity index (χ1n) is 3.06. The Balaban J connectivity index is 2.95. The fourth-order valence-corrected chi connectivity index (χ4v) is 0.948. The number of pyridine rings is 1. The molecule has 2 rings (SSSR count). The van der Waals surface area contributed by atoms with Gasteiger partial charge in [0.25, 0.3) is 0 Å². The number of aromatic nitrogens is 3. The van der Waals surface area contributed by atoms with Gasteiger partial charge in [-0.3, -0.25) is 9.83 Å². The molecular weight excluding hydrogens is 144 g/mol. The van der Waals surface area contributed by atoms with E-state index in [4.69, 9.17) is 5.73 Å². The minimum Gasteiger partial charge on any atom is -0.790 e. The molecule has 2 heterocycles. The fourth-order valence-electron chi connectivity index (χ4n) is 0.948. The van der Waals surface area contributed by atoms with Crippen molar-refractivity contribution in [2.24, 2.45) is 0 Å². The van der Waals surface area contributed by atoms with E-state index in [-0.39, 0.29) is 5.82 Å². The summed E-state index contributed by atoms with van der Waals surface area (Å²) < 4.78 is 0. The lowest BCUT2D eigenvalue weighted by Crippen LogP contribution is -1.89. The molecule has 0 radical (unpaired) electrons. The Labute approximate surface area is 62.0 Å². The highest BCUT2D eigenvalue weighted by molar-refractivity contribution is 5.84. The van der Waals surface area contributed by atoms with Gasteiger partial charge in [0, 0.05) is 6.20 Å². The lowest BCUT2D eigenvalue weighted by atomic mass is 10.4. The van der Waals surface area contributed by atoms with Gasteiger partial charge in [-0.15, -0.1) is 0 Å².